The summed E-state index contributed by atoms with van der Waals surface area (Å²) in [7, 11) is 0. The van der Waals surface area contributed by atoms with Crippen molar-refractivity contribution in [3.63, 3.8) is 0 Å². The molecule has 38 heavy (non-hydrogen) atoms. The Morgan fingerprint density at radius 2 is 1.68 bits per heavy atom. The first kappa shape index (κ1) is 29.7. The lowest BCUT2D eigenvalue weighted by Crippen LogP contribution is -2.59. The highest BCUT2D eigenvalue weighted by Gasteiger charge is 2.49. The van der Waals surface area contributed by atoms with Gasteiger partial charge in [0.1, 0.15) is 6.04 Å². The van der Waals surface area contributed by atoms with Crippen LogP contribution >= 0.6 is 11.8 Å². The maximum Gasteiger partial charge on any atom is 0.254 e. The van der Waals surface area contributed by atoms with Crippen LogP contribution in [0.15, 0.2) is 54.6 Å². The Kier molecular flexibility index (Phi) is 10.4. The summed E-state index contributed by atoms with van der Waals surface area (Å²) in [5.41, 5.74) is 2.99. The number of aryl methyl sites for hydroxylation is 1. The first-order valence-electron chi connectivity index (χ1n) is 13.4. The third-order valence-corrected chi connectivity index (χ3v) is 8.78. The van der Waals surface area contributed by atoms with Crippen molar-refractivity contribution in [3.05, 3.63) is 71.3 Å². The summed E-state index contributed by atoms with van der Waals surface area (Å²) in [4.78, 5) is 41.6. The zero-order chi connectivity index (χ0) is 27.9. The maximum absolute atomic E-state index is 13.7. The summed E-state index contributed by atoms with van der Waals surface area (Å²) in [6, 6.07) is 15.7. The fourth-order valence-corrected chi connectivity index (χ4v) is 6.05. The van der Waals surface area contributed by atoms with Crippen molar-refractivity contribution < 1.29 is 19.5 Å². The Labute approximate surface area is 230 Å². The van der Waals surface area contributed by atoms with E-state index in [0.29, 0.717) is 25.8 Å². The minimum absolute atomic E-state index is 0.175. The SMILES string of the molecule is CCC(CC)C(=O)N[C@@H](Cc1ccccc1)[C@H](O)C(=O)N1CSC(C)(C)[C@H]1C(=O)NCc1ccccc1C. The van der Waals surface area contributed by atoms with E-state index in [2.05, 4.69) is 10.6 Å². The zero-order valence-electron chi connectivity index (χ0n) is 23.1. The smallest absolute Gasteiger partial charge is 0.254 e. The van der Waals surface area contributed by atoms with Gasteiger partial charge in [-0.1, -0.05) is 68.4 Å². The van der Waals surface area contributed by atoms with Gasteiger partial charge in [0.25, 0.3) is 5.91 Å². The number of aliphatic hydroxyl groups excluding tert-OH is 1. The molecule has 3 rings (SSSR count). The number of carbonyl (C=O) groups excluding carboxylic acids is 3. The minimum atomic E-state index is -1.49. The van der Waals surface area contributed by atoms with Crippen molar-refractivity contribution in [1.29, 1.82) is 0 Å². The molecule has 3 atom stereocenters. The van der Waals surface area contributed by atoms with Crippen LogP contribution in [0.3, 0.4) is 0 Å². The second-order valence-electron chi connectivity index (χ2n) is 10.5. The number of hydrogen-bond donors (Lipinski definition) is 3. The molecule has 206 valence electrons. The van der Waals surface area contributed by atoms with Gasteiger partial charge in [0.2, 0.25) is 11.8 Å². The third kappa shape index (κ3) is 7.17. The Hall–Kier alpha value is -2.84. The van der Waals surface area contributed by atoms with Gasteiger partial charge in [-0.15, -0.1) is 11.8 Å². The normalized spacial score (nSPS) is 18.2. The van der Waals surface area contributed by atoms with Gasteiger partial charge in [0.15, 0.2) is 6.10 Å². The fourth-order valence-electron chi connectivity index (χ4n) is 4.91. The Morgan fingerprint density at radius 3 is 2.32 bits per heavy atom. The van der Waals surface area contributed by atoms with E-state index < -0.39 is 28.8 Å². The van der Waals surface area contributed by atoms with Gasteiger partial charge < -0.3 is 20.6 Å². The zero-order valence-corrected chi connectivity index (χ0v) is 23.9. The Bertz CT molecular complexity index is 1100. The van der Waals surface area contributed by atoms with E-state index in [0.717, 1.165) is 16.7 Å². The molecule has 1 fully saturated rings. The molecule has 1 saturated heterocycles. The van der Waals surface area contributed by atoms with Crippen LogP contribution in [0, 0.1) is 12.8 Å². The molecule has 8 heteroatoms. The summed E-state index contributed by atoms with van der Waals surface area (Å²) in [6.07, 6.45) is 0.151. The van der Waals surface area contributed by atoms with Crippen LogP contribution in [0.5, 0.6) is 0 Å². The molecular formula is C30H41N3O4S. The summed E-state index contributed by atoms with van der Waals surface area (Å²) in [5.74, 6) is -0.901. The number of hydrogen-bond acceptors (Lipinski definition) is 5. The van der Waals surface area contributed by atoms with E-state index in [1.54, 1.807) is 0 Å². The van der Waals surface area contributed by atoms with Gasteiger partial charge in [-0.2, -0.15) is 0 Å². The second-order valence-corrected chi connectivity index (χ2v) is 12.1. The molecule has 1 aliphatic heterocycles. The highest BCUT2D eigenvalue weighted by molar-refractivity contribution is 8.00. The lowest BCUT2D eigenvalue weighted by atomic mass is 9.95. The highest BCUT2D eigenvalue weighted by atomic mass is 32.2. The molecule has 0 spiro atoms. The van der Waals surface area contributed by atoms with Gasteiger partial charge in [-0.05, 0) is 56.7 Å². The van der Waals surface area contributed by atoms with Crippen LogP contribution in [0.4, 0.5) is 0 Å². The van der Waals surface area contributed by atoms with Gasteiger partial charge in [-0.25, -0.2) is 0 Å². The lowest BCUT2D eigenvalue weighted by molar-refractivity contribution is -0.148. The maximum atomic E-state index is 13.7. The van der Waals surface area contributed by atoms with Crippen molar-refractivity contribution in [3.8, 4) is 0 Å². The Balaban J connectivity index is 1.80. The number of nitrogens with one attached hydrogen (secondary N) is 2. The molecule has 0 aromatic heterocycles. The predicted molar refractivity (Wildman–Crippen MR) is 152 cm³/mol. The largest absolute Gasteiger partial charge is 0.381 e. The quantitative estimate of drug-likeness (QED) is 0.403. The van der Waals surface area contributed by atoms with Crippen LogP contribution in [0.2, 0.25) is 0 Å². The summed E-state index contributed by atoms with van der Waals surface area (Å²) in [5, 5.41) is 17.3. The number of benzene rings is 2. The molecule has 2 aromatic rings. The standard InChI is InChI=1S/C30H41N3O4S/c1-6-22(7-2)27(35)32-24(17-21-14-9-8-10-15-21)25(34)29(37)33-19-38-30(4,5)26(33)28(36)31-18-23-16-12-11-13-20(23)3/h8-16,22,24-26,34H,6-7,17-19H2,1-5H3,(H,31,36)(H,32,35)/t24-,25-,26+/m0/s1. The molecule has 0 unspecified atom stereocenters. The van der Waals surface area contributed by atoms with Gasteiger partial charge in [-0.3, -0.25) is 14.4 Å². The van der Waals surface area contributed by atoms with Crippen molar-refractivity contribution in [2.24, 2.45) is 5.92 Å². The number of rotatable bonds is 11. The number of thioether (sulfide) groups is 1. The molecule has 0 radical (unpaired) electrons. The monoisotopic (exact) mass is 539 g/mol. The number of carbonyl (C=O) groups is 3. The minimum Gasteiger partial charge on any atom is -0.381 e. The van der Waals surface area contributed by atoms with Gasteiger partial charge in [0, 0.05) is 17.2 Å². The molecule has 0 saturated carbocycles. The summed E-state index contributed by atoms with van der Waals surface area (Å²) in [6.45, 7) is 10.1. The van der Waals surface area contributed by atoms with Gasteiger partial charge in [0.05, 0.1) is 11.9 Å². The molecule has 2 aromatic carbocycles. The number of aliphatic hydroxyl groups is 1. The molecule has 1 aliphatic rings. The van der Waals surface area contributed by atoms with E-state index in [-0.39, 0.29) is 23.6 Å². The van der Waals surface area contributed by atoms with Gasteiger partial charge >= 0.3 is 0 Å². The lowest BCUT2D eigenvalue weighted by Gasteiger charge is -2.33. The number of amides is 3. The average Bonchev–Trinajstić information content (AvgIpc) is 3.23. The van der Waals surface area contributed by atoms with Crippen LogP contribution in [-0.4, -0.2) is 56.5 Å². The molecule has 0 aliphatic carbocycles. The topological polar surface area (TPSA) is 98.7 Å². The molecule has 3 amide bonds. The van der Waals surface area contributed by atoms with Crippen molar-refractivity contribution in [1.82, 2.24) is 15.5 Å². The van der Waals surface area contributed by atoms with E-state index in [9.17, 15) is 19.5 Å². The first-order chi connectivity index (χ1) is 18.1. The van der Waals surface area contributed by atoms with Crippen LogP contribution in [0.1, 0.15) is 57.2 Å². The Morgan fingerprint density at radius 1 is 1.05 bits per heavy atom. The van der Waals surface area contributed by atoms with E-state index in [1.165, 1.54) is 16.7 Å². The number of nitrogens with zero attached hydrogens (tertiary/aromatic N) is 1. The van der Waals surface area contributed by atoms with Crippen molar-refractivity contribution in [2.75, 3.05) is 5.88 Å². The molecule has 3 N–H and O–H groups in total. The highest BCUT2D eigenvalue weighted by Crippen LogP contribution is 2.40. The third-order valence-electron chi connectivity index (χ3n) is 7.41. The van der Waals surface area contributed by atoms with Crippen molar-refractivity contribution in [2.45, 2.75) is 83.4 Å². The van der Waals surface area contributed by atoms with E-state index in [1.807, 2.05) is 89.2 Å². The predicted octanol–water partition coefficient (Wildman–Crippen LogP) is 3.82. The van der Waals surface area contributed by atoms with Crippen LogP contribution in [-0.2, 0) is 27.3 Å². The van der Waals surface area contributed by atoms with E-state index in [4.69, 9.17) is 0 Å². The average molecular weight is 540 g/mol. The van der Waals surface area contributed by atoms with Crippen molar-refractivity contribution >= 4 is 29.5 Å². The second kappa shape index (κ2) is 13.3. The first-order valence-corrected chi connectivity index (χ1v) is 14.4. The van der Waals surface area contributed by atoms with Crippen LogP contribution in [0.25, 0.3) is 0 Å². The fraction of sp³-hybridized carbons (Fsp3) is 0.500. The van der Waals surface area contributed by atoms with E-state index >= 15 is 0 Å². The molecule has 1 heterocycles. The van der Waals surface area contributed by atoms with Crippen LogP contribution < -0.4 is 10.6 Å². The molecular weight excluding hydrogens is 498 g/mol. The summed E-state index contributed by atoms with van der Waals surface area (Å²) < 4.78 is -0.543. The molecule has 0 bridgehead atoms. The summed E-state index contributed by atoms with van der Waals surface area (Å²) >= 11 is 1.50. The molecule has 7 nitrogen and oxygen atoms in total.